The van der Waals surface area contributed by atoms with Crippen molar-refractivity contribution in [1.82, 2.24) is 15.6 Å². The molecule has 2 amide bonds. The summed E-state index contributed by atoms with van der Waals surface area (Å²) in [6, 6.07) is 15.4. The molecule has 5 nitrogen and oxygen atoms in total. The first kappa shape index (κ1) is 20.1. The molecule has 3 aromatic rings. The lowest BCUT2D eigenvalue weighted by atomic mass is 10.0. The van der Waals surface area contributed by atoms with Gasteiger partial charge in [-0.05, 0) is 44.3 Å². The fraction of sp³-hybridized carbons (Fsp3) is 0.273. The van der Waals surface area contributed by atoms with Gasteiger partial charge >= 0.3 is 0 Å². The number of amides is 2. The molecular weight excluding hydrogens is 418 g/mol. The van der Waals surface area contributed by atoms with Gasteiger partial charge in [0.2, 0.25) is 11.8 Å². The second-order valence-electron chi connectivity index (χ2n) is 7.21. The maximum atomic E-state index is 12.6. The summed E-state index contributed by atoms with van der Waals surface area (Å²) in [6.07, 6.45) is 2.05. The van der Waals surface area contributed by atoms with Gasteiger partial charge in [-0.3, -0.25) is 9.59 Å². The molecule has 0 aliphatic heterocycles. The van der Waals surface area contributed by atoms with Gasteiger partial charge in [0, 0.05) is 16.4 Å². The Balaban J connectivity index is 1.60. The third-order valence-electron chi connectivity index (χ3n) is 4.60. The number of hydrogen-bond acceptors (Lipinski definition) is 2. The SMILES string of the molecule is CC(C)[C@H](NC(=O)Cc1ccc2ccccc2c1)C(=O)NCc1cc(Br)c[nH]1. The van der Waals surface area contributed by atoms with E-state index in [0.717, 1.165) is 26.5 Å². The zero-order chi connectivity index (χ0) is 20.1. The van der Waals surface area contributed by atoms with E-state index in [1.54, 1.807) is 0 Å². The minimum Gasteiger partial charge on any atom is -0.362 e. The van der Waals surface area contributed by atoms with Crippen LogP contribution in [-0.2, 0) is 22.6 Å². The molecule has 3 rings (SSSR count). The van der Waals surface area contributed by atoms with Crippen molar-refractivity contribution in [3.8, 4) is 0 Å². The average molecular weight is 442 g/mol. The summed E-state index contributed by atoms with van der Waals surface area (Å²) in [5.41, 5.74) is 1.82. The summed E-state index contributed by atoms with van der Waals surface area (Å²) in [5, 5.41) is 8.01. The number of aromatic amines is 1. The van der Waals surface area contributed by atoms with Crippen LogP contribution in [0.3, 0.4) is 0 Å². The van der Waals surface area contributed by atoms with Crippen LogP contribution in [0.4, 0.5) is 0 Å². The fourth-order valence-electron chi connectivity index (χ4n) is 3.10. The Bertz CT molecular complexity index is 981. The molecule has 6 heteroatoms. The van der Waals surface area contributed by atoms with Gasteiger partial charge in [0.25, 0.3) is 0 Å². The summed E-state index contributed by atoms with van der Waals surface area (Å²) in [5.74, 6) is -0.365. The number of H-pyrrole nitrogens is 1. The Labute approximate surface area is 173 Å². The number of halogens is 1. The Hall–Kier alpha value is -2.60. The van der Waals surface area contributed by atoms with Gasteiger partial charge in [-0.2, -0.15) is 0 Å². The normalized spacial score (nSPS) is 12.1. The van der Waals surface area contributed by atoms with Crippen LogP contribution >= 0.6 is 15.9 Å². The lowest BCUT2D eigenvalue weighted by Gasteiger charge is -2.21. The highest BCUT2D eigenvalue weighted by atomic mass is 79.9. The van der Waals surface area contributed by atoms with Crippen molar-refractivity contribution in [2.45, 2.75) is 32.9 Å². The summed E-state index contributed by atoms with van der Waals surface area (Å²) in [4.78, 5) is 28.2. The summed E-state index contributed by atoms with van der Waals surface area (Å²) < 4.78 is 0.931. The maximum Gasteiger partial charge on any atom is 0.243 e. The predicted molar refractivity (Wildman–Crippen MR) is 115 cm³/mol. The molecule has 0 saturated heterocycles. The van der Waals surface area contributed by atoms with E-state index in [-0.39, 0.29) is 24.2 Å². The Morgan fingerprint density at radius 3 is 2.50 bits per heavy atom. The molecule has 28 heavy (non-hydrogen) atoms. The summed E-state index contributed by atoms with van der Waals surface area (Å²) >= 11 is 3.37. The van der Waals surface area contributed by atoms with Gasteiger partial charge in [0.15, 0.2) is 0 Å². The van der Waals surface area contributed by atoms with Gasteiger partial charge in [0.1, 0.15) is 6.04 Å². The molecule has 0 saturated carbocycles. The highest BCUT2D eigenvalue weighted by molar-refractivity contribution is 9.10. The number of carbonyl (C=O) groups excluding carboxylic acids is 2. The predicted octanol–water partition coefficient (Wildman–Crippen LogP) is 3.93. The molecule has 0 unspecified atom stereocenters. The van der Waals surface area contributed by atoms with E-state index < -0.39 is 6.04 Å². The first-order valence-corrected chi connectivity index (χ1v) is 10.1. The molecule has 1 atom stereocenters. The number of fused-ring (bicyclic) bond motifs is 1. The van der Waals surface area contributed by atoms with Crippen LogP contribution in [-0.4, -0.2) is 22.8 Å². The molecule has 3 N–H and O–H groups in total. The highest BCUT2D eigenvalue weighted by Gasteiger charge is 2.24. The quantitative estimate of drug-likeness (QED) is 0.519. The van der Waals surface area contributed by atoms with E-state index in [0.29, 0.717) is 6.54 Å². The Kier molecular flexibility index (Phi) is 6.52. The molecule has 1 heterocycles. The van der Waals surface area contributed by atoms with Crippen LogP contribution in [0, 0.1) is 5.92 Å². The van der Waals surface area contributed by atoms with Crippen molar-refractivity contribution in [1.29, 1.82) is 0 Å². The van der Waals surface area contributed by atoms with Crippen molar-refractivity contribution < 1.29 is 9.59 Å². The molecule has 0 radical (unpaired) electrons. The summed E-state index contributed by atoms with van der Waals surface area (Å²) in [6.45, 7) is 4.23. The van der Waals surface area contributed by atoms with Crippen molar-refractivity contribution in [2.75, 3.05) is 0 Å². The van der Waals surface area contributed by atoms with Crippen LogP contribution < -0.4 is 10.6 Å². The zero-order valence-electron chi connectivity index (χ0n) is 16.0. The molecule has 0 fully saturated rings. The number of hydrogen-bond donors (Lipinski definition) is 3. The van der Waals surface area contributed by atoms with Gasteiger partial charge in [-0.1, -0.05) is 56.3 Å². The molecule has 146 valence electrons. The highest BCUT2D eigenvalue weighted by Crippen LogP contribution is 2.16. The van der Waals surface area contributed by atoms with Crippen molar-refractivity contribution >= 4 is 38.5 Å². The number of benzene rings is 2. The van der Waals surface area contributed by atoms with E-state index in [1.165, 1.54) is 0 Å². The van der Waals surface area contributed by atoms with E-state index in [1.807, 2.05) is 68.6 Å². The number of nitrogens with one attached hydrogen (secondary N) is 3. The van der Waals surface area contributed by atoms with Crippen LogP contribution in [0.15, 0.2) is 59.2 Å². The molecule has 0 bridgehead atoms. The minimum atomic E-state index is -0.577. The van der Waals surface area contributed by atoms with E-state index >= 15 is 0 Å². The second-order valence-corrected chi connectivity index (χ2v) is 8.12. The smallest absolute Gasteiger partial charge is 0.243 e. The first-order chi connectivity index (χ1) is 13.4. The third-order valence-corrected chi connectivity index (χ3v) is 5.06. The minimum absolute atomic E-state index is 0.0177. The van der Waals surface area contributed by atoms with Gasteiger partial charge in [-0.15, -0.1) is 0 Å². The van der Waals surface area contributed by atoms with Crippen molar-refractivity contribution in [2.24, 2.45) is 5.92 Å². The number of aromatic nitrogens is 1. The molecule has 2 aromatic carbocycles. The van der Waals surface area contributed by atoms with Crippen molar-refractivity contribution in [3.05, 3.63) is 70.5 Å². The van der Waals surface area contributed by atoms with Crippen LogP contribution in [0.1, 0.15) is 25.1 Å². The maximum absolute atomic E-state index is 12.6. The van der Waals surface area contributed by atoms with E-state index in [9.17, 15) is 9.59 Å². The van der Waals surface area contributed by atoms with Crippen molar-refractivity contribution in [3.63, 3.8) is 0 Å². The van der Waals surface area contributed by atoms with E-state index in [4.69, 9.17) is 0 Å². The average Bonchev–Trinajstić information content (AvgIpc) is 3.09. The second kappa shape index (κ2) is 9.06. The van der Waals surface area contributed by atoms with Gasteiger partial charge in [-0.25, -0.2) is 0 Å². The van der Waals surface area contributed by atoms with Crippen LogP contribution in [0.2, 0.25) is 0 Å². The number of carbonyl (C=O) groups is 2. The number of rotatable bonds is 7. The lowest BCUT2D eigenvalue weighted by molar-refractivity contribution is -0.129. The topological polar surface area (TPSA) is 74.0 Å². The van der Waals surface area contributed by atoms with Gasteiger partial charge in [0.05, 0.1) is 13.0 Å². The van der Waals surface area contributed by atoms with Crippen LogP contribution in [0.25, 0.3) is 10.8 Å². The standard InChI is InChI=1S/C22H24BrN3O2/c1-14(2)21(22(28)25-13-19-11-18(23)12-24-19)26-20(27)10-15-7-8-16-5-3-4-6-17(16)9-15/h3-9,11-12,14,21,24H,10,13H2,1-2H3,(H,25,28)(H,26,27)/t21-/m0/s1. The van der Waals surface area contributed by atoms with Gasteiger partial charge < -0.3 is 15.6 Å². The Morgan fingerprint density at radius 2 is 1.82 bits per heavy atom. The lowest BCUT2D eigenvalue weighted by Crippen LogP contribution is -2.49. The zero-order valence-corrected chi connectivity index (χ0v) is 17.5. The first-order valence-electron chi connectivity index (χ1n) is 9.30. The molecule has 0 aliphatic carbocycles. The molecular formula is C22H24BrN3O2. The van der Waals surface area contributed by atoms with Crippen LogP contribution in [0.5, 0.6) is 0 Å². The fourth-order valence-corrected chi connectivity index (χ4v) is 3.49. The van der Waals surface area contributed by atoms with E-state index in [2.05, 4.69) is 31.5 Å². The largest absolute Gasteiger partial charge is 0.362 e. The monoisotopic (exact) mass is 441 g/mol. The molecule has 0 aliphatic rings. The Morgan fingerprint density at radius 1 is 1.07 bits per heavy atom. The molecule has 0 spiro atoms. The summed E-state index contributed by atoms with van der Waals surface area (Å²) in [7, 11) is 0. The molecule has 1 aromatic heterocycles. The third kappa shape index (κ3) is 5.23.